The molecule has 0 aliphatic carbocycles. The van der Waals surface area contributed by atoms with Gasteiger partial charge in [0.2, 0.25) is 0 Å². The average molecular weight is 482 g/mol. The van der Waals surface area contributed by atoms with E-state index in [1.54, 1.807) is 31.4 Å². The van der Waals surface area contributed by atoms with Gasteiger partial charge in [-0.2, -0.15) is 0 Å². The van der Waals surface area contributed by atoms with E-state index in [-0.39, 0.29) is 30.9 Å². The van der Waals surface area contributed by atoms with Gasteiger partial charge in [0.15, 0.2) is 0 Å². The summed E-state index contributed by atoms with van der Waals surface area (Å²) in [5.41, 5.74) is 9.23. The molecule has 3 nitrogen and oxygen atoms in total. The molecule has 0 aliphatic heterocycles. The first-order chi connectivity index (χ1) is 13.3. The summed E-state index contributed by atoms with van der Waals surface area (Å²) in [5, 5.41) is 12.1. The van der Waals surface area contributed by atoms with Crippen LogP contribution in [0.2, 0.25) is 5.02 Å². The van der Waals surface area contributed by atoms with Gasteiger partial charge in [-0.1, -0.05) is 48.0 Å². The maximum absolute atomic E-state index is 10.3. The van der Waals surface area contributed by atoms with Gasteiger partial charge in [-0.25, -0.2) is 0 Å². The zero-order chi connectivity index (χ0) is 19.9. The third kappa shape index (κ3) is 4.80. The topological polar surface area (TPSA) is 59.1 Å². The molecule has 0 radical (unpaired) electrons. The largest absolute Gasteiger partial charge is 0.386 e. The van der Waals surface area contributed by atoms with Crippen molar-refractivity contribution in [3.8, 4) is 11.3 Å². The van der Waals surface area contributed by atoms with Crippen LogP contribution in [-0.4, -0.2) is 10.1 Å². The summed E-state index contributed by atoms with van der Waals surface area (Å²) in [5.74, 6) is 0. The number of benzene rings is 2. The third-order valence-corrected chi connectivity index (χ3v) is 6.46. The van der Waals surface area contributed by atoms with Crippen molar-refractivity contribution in [3.05, 3.63) is 87.9 Å². The first-order valence-corrected chi connectivity index (χ1v) is 10.3. The van der Waals surface area contributed by atoms with E-state index < -0.39 is 5.60 Å². The molecule has 3 N–H and O–H groups in total. The van der Waals surface area contributed by atoms with E-state index in [0.29, 0.717) is 5.02 Å². The van der Waals surface area contributed by atoms with E-state index in [1.165, 1.54) is 0 Å². The standard InChI is InChI=1S/C23H21ClN2OS.2ClH/c1-23(2,27)15-10-11-26-19(13-15)17-8-5-6-14-12-20(28-22(14)17)21(25)16-7-3-4-9-18(16)24;;/h3-13,21,27H,25H2,1-2H3;2*1H/t21-;;/m1../s1. The number of rotatable bonds is 4. The zero-order valence-electron chi connectivity index (χ0n) is 16.5. The summed E-state index contributed by atoms with van der Waals surface area (Å²) in [6.07, 6.45) is 1.74. The molecule has 2 aromatic carbocycles. The number of hydrogen-bond acceptors (Lipinski definition) is 4. The molecule has 30 heavy (non-hydrogen) atoms. The van der Waals surface area contributed by atoms with E-state index in [2.05, 4.69) is 23.2 Å². The van der Waals surface area contributed by atoms with Crippen molar-refractivity contribution < 1.29 is 5.11 Å². The van der Waals surface area contributed by atoms with Crippen molar-refractivity contribution in [1.82, 2.24) is 4.98 Å². The van der Waals surface area contributed by atoms with Crippen LogP contribution in [0.15, 0.2) is 66.9 Å². The summed E-state index contributed by atoms with van der Waals surface area (Å²) < 4.78 is 1.13. The van der Waals surface area contributed by atoms with Gasteiger partial charge in [0.1, 0.15) is 0 Å². The number of aromatic nitrogens is 1. The fourth-order valence-corrected chi connectivity index (χ4v) is 4.73. The molecule has 2 aromatic heterocycles. The minimum absolute atomic E-state index is 0. The molecular formula is C23H23Cl3N2OS. The zero-order valence-corrected chi connectivity index (χ0v) is 19.7. The lowest BCUT2D eigenvalue weighted by molar-refractivity contribution is 0.0785. The lowest BCUT2D eigenvalue weighted by Crippen LogP contribution is -2.15. The second kappa shape index (κ2) is 9.65. The van der Waals surface area contributed by atoms with Gasteiger partial charge in [0.05, 0.1) is 17.3 Å². The molecule has 158 valence electrons. The van der Waals surface area contributed by atoms with Crippen molar-refractivity contribution in [3.63, 3.8) is 0 Å². The fourth-order valence-electron chi connectivity index (χ4n) is 3.28. The van der Waals surface area contributed by atoms with E-state index in [0.717, 1.165) is 37.3 Å². The van der Waals surface area contributed by atoms with Gasteiger partial charge in [-0.05, 0) is 54.6 Å². The average Bonchev–Trinajstić information content (AvgIpc) is 3.11. The van der Waals surface area contributed by atoms with Crippen LogP contribution in [0, 0.1) is 0 Å². The Hall–Kier alpha value is -1.66. The lowest BCUT2D eigenvalue weighted by Gasteiger charge is -2.18. The highest BCUT2D eigenvalue weighted by Gasteiger charge is 2.19. The highest BCUT2D eigenvalue weighted by atomic mass is 35.5. The molecule has 2 heterocycles. The summed E-state index contributed by atoms with van der Waals surface area (Å²) in [6, 6.07) is 19.5. The maximum atomic E-state index is 10.3. The molecule has 0 aliphatic rings. The molecule has 0 fully saturated rings. The minimum Gasteiger partial charge on any atom is -0.386 e. The Morgan fingerprint density at radius 1 is 1.03 bits per heavy atom. The smallest absolute Gasteiger partial charge is 0.0841 e. The highest BCUT2D eigenvalue weighted by Crippen LogP contribution is 2.39. The Morgan fingerprint density at radius 2 is 1.77 bits per heavy atom. The van der Waals surface area contributed by atoms with Crippen molar-refractivity contribution in [2.75, 3.05) is 0 Å². The Balaban J connectivity index is 0.00000160. The summed E-state index contributed by atoms with van der Waals surface area (Å²) in [6.45, 7) is 3.55. The van der Waals surface area contributed by atoms with Crippen LogP contribution in [0.5, 0.6) is 0 Å². The van der Waals surface area contributed by atoms with Gasteiger partial charge < -0.3 is 10.8 Å². The Morgan fingerprint density at radius 3 is 2.47 bits per heavy atom. The molecule has 4 aromatic rings. The minimum atomic E-state index is -0.918. The van der Waals surface area contributed by atoms with Crippen molar-refractivity contribution >= 4 is 57.8 Å². The molecular weight excluding hydrogens is 459 g/mol. The number of nitrogens with two attached hydrogens (primary N) is 1. The van der Waals surface area contributed by atoms with Crippen LogP contribution < -0.4 is 5.73 Å². The second-order valence-corrected chi connectivity index (χ2v) is 8.85. The monoisotopic (exact) mass is 480 g/mol. The van der Waals surface area contributed by atoms with Crippen molar-refractivity contribution in [1.29, 1.82) is 0 Å². The quantitative estimate of drug-likeness (QED) is 0.339. The molecule has 1 atom stereocenters. The first kappa shape index (κ1) is 24.6. The molecule has 0 spiro atoms. The van der Waals surface area contributed by atoms with Crippen LogP contribution in [0.25, 0.3) is 21.3 Å². The van der Waals surface area contributed by atoms with Gasteiger partial charge in [0.25, 0.3) is 0 Å². The van der Waals surface area contributed by atoms with Crippen LogP contribution in [-0.2, 0) is 5.60 Å². The Kier molecular flexibility index (Phi) is 7.91. The third-order valence-electron chi connectivity index (χ3n) is 4.85. The van der Waals surface area contributed by atoms with Crippen molar-refractivity contribution in [2.45, 2.75) is 25.5 Å². The van der Waals surface area contributed by atoms with Crippen LogP contribution in [0.4, 0.5) is 0 Å². The molecule has 0 bridgehead atoms. The molecule has 0 saturated heterocycles. The number of hydrogen-bond donors (Lipinski definition) is 2. The number of aliphatic hydroxyl groups is 1. The van der Waals surface area contributed by atoms with Crippen LogP contribution >= 0.6 is 47.8 Å². The molecule has 0 saturated carbocycles. The summed E-state index contributed by atoms with van der Waals surface area (Å²) in [7, 11) is 0. The van der Waals surface area contributed by atoms with Gasteiger partial charge in [-0.15, -0.1) is 36.2 Å². The number of nitrogens with zero attached hydrogens (tertiary/aromatic N) is 1. The molecule has 4 rings (SSSR count). The number of fused-ring (bicyclic) bond motifs is 1. The predicted octanol–water partition coefficient (Wildman–Crippen LogP) is 6.74. The van der Waals surface area contributed by atoms with Crippen LogP contribution in [0.1, 0.15) is 35.9 Å². The summed E-state index contributed by atoms with van der Waals surface area (Å²) in [4.78, 5) is 5.59. The van der Waals surface area contributed by atoms with Gasteiger partial charge in [0, 0.05) is 26.4 Å². The van der Waals surface area contributed by atoms with E-state index in [4.69, 9.17) is 17.3 Å². The number of thiophene rings is 1. The predicted molar refractivity (Wildman–Crippen MR) is 132 cm³/mol. The Labute approximate surface area is 197 Å². The fraction of sp³-hybridized carbons (Fsp3) is 0.174. The van der Waals surface area contributed by atoms with E-state index in [1.807, 2.05) is 42.5 Å². The maximum Gasteiger partial charge on any atom is 0.0841 e. The highest BCUT2D eigenvalue weighted by molar-refractivity contribution is 7.19. The van der Waals surface area contributed by atoms with Crippen molar-refractivity contribution in [2.24, 2.45) is 5.73 Å². The van der Waals surface area contributed by atoms with Gasteiger partial charge in [-0.3, -0.25) is 4.98 Å². The molecule has 0 amide bonds. The van der Waals surface area contributed by atoms with E-state index >= 15 is 0 Å². The molecule has 7 heteroatoms. The molecule has 0 unspecified atom stereocenters. The SMILES string of the molecule is CC(C)(O)c1ccnc(-c2cccc3cc([C@H](N)c4ccccc4Cl)sc23)c1.Cl.Cl. The Bertz CT molecular complexity index is 1150. The number of halogens is 3. The normalized spacial score (nSPS) is 12.2. The first-order valence-electron chi connectivity index (χ1n) is 9.06. The number of pyridine rings is 1. The van der Waals surface area contributed by atoms with Gasteiger partial charge >= 0.3 is 0 Å². The lowest BCUT2D eigenvalue weighted by atomic mass is 9.97. The second-order valence-electron chi connectivity index (χ2n) is 7.36. The van der Waals surface area contributed by atoms with E-state index in [9.17, 15) is 5.11 Å². The van der Waals surface area contributed by atoms with Crippen LogP contribution in [0.3, 0.4) is 0 Å². The summed E-state index contributed by atoms with van der Waals surface area (Å²) >= 11 is 8.00.